The van der Waals surface area contributed by atoms with Gasteiger partial charge in [-0.15, -0.1) is 11.3 Å². The molecule has 0 saturated carbocycles. The average molecular weight is 330 g/mol. The van der Waals surface area contributed by atoms with Gasteiger partial charge in [-0.05, 0) is 44.5 Å². The highest BCUT2D eigenvalue weighted by molar-refractivity contribution is 7.16. The summed E-state index contributed by atoms with van der Waals surface area (Å²) in [5.41, 5.74) is 5.68. The lowest BCUT2D eigenvalue weighted by atomic mass is 9.99. The summed E-state index contributed by atoms with van der Waals surface area (Å²) in [7, 11) is 1.86. The molecule has 2 N–H and O–H groups in total. The summed E-state index contributed by atoms with van der Waals surface area (Å²) in [6.07, 6.45) is 4.57. The second-order valence-corrected chi connectivity index (χ2v) is 7.45. The lowest BCUT2D eigenvalue weighted by Gasteiger charge is -2.36. The molecule has 6 heteroatoms. The van der Waals surface area contributed by atoms with E-state index in [0.717, 1.165) is 28.6 Å². The molecule has 21 heavy (non-hydrogen) atoms. The minimum atomic E-state index is 0.170. The molecule has 2 rings (SSSR count). The second kappa shape index (κ2) is 8.13. The van der Waals surface area contributed by atoms with Crippen molar-refractivity contribution in [3.05, 3.63) is 21.3 Å². The maximum absolute atomic E-state index is 12.4. The van der Waals surface area contributed by atoms with Crippen molar-refractivity contribution in [1.82, 2.24) is 9.80 Å². The van der Waals surface area contributed by atoms with Gasteiger partial charge < -0.3 is 10.6 Å². The Balaban J connectivity index is 1.86. The van der Waals surface area contributed by atoms with Crippen LogP contribution in [0.15, 0.2) is 12.1 Å². The highest BCUT2D eigenvalue weighted by Gasteiger charge is 2.24. The normalized spacial score (nSPS) is 19.7. The number of carbonyl (C=O) groups excluding carboxylic acids is 1. The third kappa shape index (κ3) is 4.95. The summed E-state index contributed by atoms with van der Waals surface area (Å²) >= 11 is 7.46. The summed E-state index contributed by atoms with van der Waals surface area (Å²) in [6, 6.07) is 4.33. The van der Waals surface area contributed by atoms with E-state index >= 15 is 0 Å². The van der Waals surface area contributed by atoms with Crippen LogP contribution in [-0.2, 0) is 11.3 Å². The molecule has 1 aromatic rings. The van der Waals surface area contributed by atoms with Gasteiger partial charge in [0.25, 0.3) is 0 Å². The highest BCUT2D eigenvalue weighted by atomic mass is 35.5. The second-order valence-electron chi connectivity index (χ2n) is 5.65. The Hall–Kier alpha value is -0.620. The Kier molecular flexibility index (Phi) is 6.48. The molecule has 4 nitrogen and oxygen atoms in total. The number of hydrogen-bond acceptors (Lipinski definition) is 4. The van der Waals surface area contributed by atoms with Gasteiger partial charge in [0.15, 0.2) is 0 Å². The predicted octanol–water partition coefficient (Wildman–Crippen LogP) is 2.56. The number of thiophene rings is 1. The van der Waals surface area contributed by atoms with E-state index in [1.165, 1.54) is 24.2 Å². The Bertz CT molecular complexity index is 464. The maximum Gasteiger partial charge on any atom is 0.236 e. The maximum atomic E-state index is 12.4. The van der Waals surface area contributed by atoms with E-state index in [0.29, 0.717) is 25.7 Å². The number of nitrogens with two attached hydrogens (primary N) is 1. The molecule has 1 unspecified atom stereocenters. The molecule has 1 aliphatic rings. The number of likely N-dealkylation sites (N-methyl/N-ethyl adjacent to an activating group) is 1. The first kappa shape index (κ1) is 16.7. The first-order chi connectivity index (χ1) is 10.1. The summed E-state index contributed by atoms with van der Waals surface area (Å²) in [4.78, 5) is 17.6. The zero-order chi connectivity index (χ0) is 15.2. The number of halogens is 1. The van der Waals surface area contributed by atoms with Gasteiger partial charge >= 0.3 is 0 Å². The van der Waals surface area contributed by atoms with Crippen LogP contribution in [0, 0.1) is 0 Å². The van der Waals surface area contributed by atoms with Crippen LogP contribution >= 0.6 is 22.9 Å². The van der Waals surface area contributed by atoms with Crippen molar-refractivity contribution < 1.29 is 4.79 Å². The van der Waals surface area contributed by atoms with Gasteiger partial charge in [-0.1, -0.05) is 18.0 Å². The third-order valence-electron chi connectivity index (χ3n) is 4.03. The molecule has 1 saturated heterocycles. The number of amides is 1. The van der Waals surface area contributed by atoms with Crippen LogP contribution < -0.4 is 5.73 Å². The summed E-state index contributed by atoms with van der Waals surface area (Å²) < 4.78 is 0.768. The summed E-state index contributed by atoms with van der Waals surface area (Å²) in [5, 5.41) is 0. The minimum Gasteiger partial charge on any atom is -0.340 e. The molecule has 118 valence electrons. The zero-order valence-corrected chi connectivity index (χ0v) is 14.1. The van der Waals surface area contributed by atoms with Gasteiger partial charge in [0.1, 0.15) is 0 Å². The van der Waals surface area contributed by atoms with Crippen LogP contribution in [0.2, 0.25) is 4.34 Å². The van der Waals surface area contributed by atoms with Crippen molar-refractivity contribution >= 4 is 28.8 Å². The number of hydrogen-bond donors (Lipinski definition) is 1. The first-order valence-corrected chi connectivity index (χ1v) is 8.72. The minimum absolute atomic E-state index is 0.170. The fourth-order valence-corrected chi connectivity index (χ4v) is 3.98. The smallest absolute Gasteiger partial charge is 0.236 e. The van der Waals surface area contributed by atoms with Crippen molar-refractivity contribution in [2.45, 2.75) is 38.3 Å². The molecule has 0 spiro atoms. The third-order valence-corrected chi connectivity index (χ3v) is 5.25. The van der Waals surface area contributed by atoms with E-state index in [4.69, 9.17) is 17.3 Å². The van der Waals surface area contributed by atoms with Crippen molar-refractivity contribution in [2.24, 2.45) is 5.73 Å². The number of rotatable bonds is 6. The monoisotopic (exact) mass is 329 g/mol. The van der Waals surface area contributed by atoms with E-state index < -0.39 is 0 Å². The number of likely N-dealkylation sites (tertiary alicyclic amines) is 1. The molecule has 0 aromatic carbocycles. The van der Waals surface area contributed by atoms with E-state index in [-0.39, 0.29) is 5.91 Å². The predicted molar refractivity (Wildman–Crippen MR) is 88.7 cm³/mol. The fourth-order valence-electron chi connectivity index (χ4n) is 2.84. The molecule has 0 aliphatic carbocycles. The Morgan fingerprint density at radius 3 is 3.00 bits per heavy atom. The van der Waals surface area contributed by atoms with Crippen LogP contribution in [0.1, 0.15) is 30.6 Å². The topological polar surface area (TPSA) is 49.6 Å². The van der Waals surface area contributed by atoms with Crippen molar-refractivity contribution in [1.29, 1.82) is 0 Å². The summed E-state index contributed by atoms with van der Waals surface area (Å²) in [6.45, 7) is 2.83. The van der Waals surface area contributed by atoms with Crippen molar-refractivity contribution in [3.8, 4) is 0 Å². The number of carbonyl (C=O) groups is 1. The van der Waals surface area contributed by atoms with Crippen molar-refractivity contribution in [2.75, 3.05) is 26.7 Å². The van der Waals surface area contributed by atoms with E-state index in [2.05, 4.69) is 4.90 Å². The van der Waals surface area contributed by atoms with E-state index in [9.17, 15) is 4.79 Å². The fraction of sp³-hybridized carbons (Fsp3) is 0.667. The highest BCUT2D eigenvalue weighted by Crippen LogP contribution is 2.23. The average Bonchev–Trinajstić information content (AvgIpc) is 2.86. The van der Waals surface area contributed by atoms with Crippen LogP contribution in [0.25, 0.3) is 0 Å². The lowest BCUT2D eigenvalue weighted by Crippen LogP contribution is -2.46. The molecule has 1 amide bonds. The van der Waals surface area contributed by atoms with E-state index in [1.54, 1.807) is 4.90 Å². The molecule has 0 bridgehead atoms. The molecule has 2 heterocycles. The molecule has 1 fully saturated rings. The Morgan fingerprint density at radius 1 is 1.52 bits per heavy atom. The zero-order valence-electron chi connectivity index (χ0n) is 12.6. The standard InChI is InChI=1S/C15H24ClN3OS/c1-18(10-13-5-6-14(16)21-13)15(20)11-19-9-3-2-4-12(19)7-8-17/h5-6,12H,2-4,7-11,17H2,1H3. The van der Waals surface area contributed by atoms with Gasteiger partial charge in [0.05, 0.1) is 17.4 Å². The largest absolute Gasteiger partial charge is 0.340 e. The van der Waals surface area contributed by atoms with Gasteiger partial charge in [0, 0.05) is 18.0 Å². The van der Waals surface area contributed by atoms with Crippen LogP contribution in [0.3, 0.4) is 0 Å². The molecular weight excluding hydrogens is 306 g/mol. The lowest BCUT2D eigenvalue weighted by molar-refractivity contribution is -0.132. The number of piperidine rings is 1. The molecular formula is C15H24ClN3OS. The van der Waals surface area contributed by atoms with E-state index in [1.807, 2.05) is 19.2 Å². The molecule has 1 atom stereocenters. The molecule has 1 aromatic heterocycles. The van der Waals surface area contributed by atoms with Crippen LogP contribution in [0.5, 0.6) is 0 Å². The van der Waals surface area contributed by atoms with Crippen molar-refractivity contribution in [3.63, 3.8) is 0 Å². The van der Waals surface area contributed by atoms with Gasteiger partial charge in [0.2, 0.25) is 5.91 Å². The quantitative estimate of drug-likeness (QED) is 0.872. The van der Waals surface area contributed by atoms with Gasteiger partial charge in [-0.3, -0.25) is 9.69 Å². The molecule has 0 radical (unpaired) electrons. The Labute approximate surface area is 135 Å². The Morgan fingerprint density at radius 2 is 2.33 bits per heavy atom. The molecule has 1 aliphatic heterocycles. The SMILES string of the molecule is CN(Cc1ccc(Cl)s1)C(=O)CN1CCCCC1CCN. The van der Waals surface area contributed by atoms with Gasteiger partial charge in [-0.2, -0.15) is 0 Å². The van der Waals surface area contributed by atoms with Crippen LogP contribution in [0.4, 0.5) is 0 Å². The van der Waals surface area contributed by atoms with Crippen LogP contribution in [-0.4, -0.2) is 48.4 Å². The van der Waals surface area contributed by atoms with Gasteiger partial charge in [-0.25, -0.2) is 0 Å². The number of nitrogens with zero attached hydrogens (tertiary/aromatic N) is 2. The summed E-state index contributed by atoms with van der Waals surface area (Å²) in [5.74, 6) is 0.170. The first-order valence-electron chi connectivity index (χ1n) is 7.52.